The van der Waals surface area contributed by atoms with Crippen LogP contribution < -0.4 is 9.47 Å². The highest BCUT2D eigenvalue weighted by atomic mass is 79.9. The van der Waals surface area contributed by atoms with Crippen LogP contribution in [0.4, 0.5) is 0 Å². The van der Waals surface area contributed by atoms with E-state index < -0.39 is 0 Å². The molecule has 1 aliphatic rings. The number of allylic oxidation sites excluding steroid dienone is 1. The number of ketones is 1. The number of halogens is 1. The molecule has 0 unspecified atom stereocenters. The summed E-state index contributed by atoms with van der Waals surface area (Å²) in [6.07, 6.45) is 1.91. The quantitative estimate of drug-likeness (QED) is 0.244. The van der Waals surface area contributed by atoms with Gasteiger partial charge in [-0.2, -0.15) is 0 Å². The Hall–Kier alpha value is -3.02. The van der Waals surface area contributed by atoms with Crippen LogP contribution >= 0.6 is 27.7 Å². The molecule has 0 amide bonds. The Bertz CT molecular complexity index is 1390. The average Bonchev–Trinajstić information content (AvgIpc) is 3.14. The van der Waals surface area contributed by atoms with Gasteiger partial charge in [-0.1, -0.05) is 66.4 Å². The maximum Gasteiger partial charge on any atom is 0.200 e. The highest BCUT2D eigenvalue weighted by Gasteiger charge is 2.25. The molecule has 0 spiro atoms. The van der Waals surface area contributed by atoms with Crippen molar-refractivity contribution in [1.82, 2.24) is 0 Å². The largest absolute Gasteiger partial charge is 0.490 e. The predicted octanol–water partition coefficient (Wildman–Crippen LogP) is 7.91. The van der Waals surface area contributed by atoms with Crippen molar-refractivity contribution in [3.63, 3.8) is 0 Å². The van der Waals surface area contributed by atoms with E-state index in [2.05, 4.69) is 40.2 Å². The Morgan fingerprint density at radius 1 is 0.939 bits per heavy atom. The third kappa shape index (κ3) is 4.43. The Kier molecular flexibility index (Phi) is 6.25. The normalized spacial score (nSPS) is 14.0. The minimum absolute atomic E-state index is 0.0564. The Labute approximate surface area is 205 Å². The minimum Gasteiger partial charge on any atom is -0.490 e. The van der Waals surface area contributed by atoms with Crippen molar-refractivity contribution in [2.75, 3.05) is 6.61 Å². The zero-order valence-electron chi connectivity index (χ0n) is 18.0. The smallest absolute Gasteiger partial charge is 0.200 e. The zero-order valence-corrected chi connectivity index (χ0v) is 20.4. The maximum absolute atomic E-state index is 12.8. The molecule has 164 valence electrons. The monoisotopic (exact) mass is 516 g/mol. The number of benzene rings is 4. The third-order valence-electron chi connectivity index (χ3n) is 5.46. The fraction of sp³-hybridized carbons (Fsp3) is 0.107. The van der Waals surface area contributed by atoms with Gasteiger partial charge < -0.3 is 9.47 Å². The van der Waals surface area contributed by atoms with E-state index in [0.717, 1.165) is 26.1 Å². The summed E-state index contributed by atoms with van der Waals surface area (Å²) in [4.78, 5) is 14.5. The van der Waals surface area contributed by atoms with Crippen molar-refractivity contribution < 1.29 is 14.3 Å². The van der Waals surface area contributed by atoms with E-state index in [9.17, 15) is 4.79 Å². The molecule has 3 nitrogen and oxygen atoms in total. The van der Waals surface area contributed by atoms with Crippen LogP contribution in [0, 0.1) is 0 Å². The molecular weight excluding hydrogens is 496 g/mol. The maximum atomic E-state index is 12.8. The van der Waals surface area contributed by atoms with Gasteiger partial charge in [-0.05, 0) is 75.1 Å². The van der Waals surface area contributed by atoms with Crippen molar-refractivity contribution in [3.05, 3.63) is 105 Å². The Morgan fingerprint density at radius 3 is 2.58 bits per heavy atom. The van der Waals surface area contributed by atoms with Gasteiger partial charge in [0, 0.05) is 10.5 Å². The van der Waals surface area contributed by atoms with Crippen LogP contribution in [0.25, 0.3) is 16.8 Å². The lowest BCUT2D eigenvalue weighted by Crippen LogP contribution is -2.01. The van der Waals surface area contributed by atoms with Crippen LogP contribution in [0.15, 0.2) is 93.1 Å². The van der Waals surface area contributed by atoms with Gasteiger partial charge in [0.1, 0.15) is 6.61 Å². The molecule has 0 aliphatic carbocycles. The average molecular weight is 517 g/mol. The van der Waals surface area contributed by atoms with Crippen molar-refractivity contribution in [3.8, 4) is 11.5 Å². The molecule has 4 aromatic rings. The molecule has 0 radical (unpaired) electrons. The summed E-state index contributed by atoms with van der Waals surface area (Å²) in [7, 11) is 0. The van der Waals surface area contributed by atoms with Gasteiger partial charge in [-0.25, -0.2) is 0 Å². The fourth-order valence-corrected chi connectivity index (χ4v) is 5.56. The Balaban J connectivity index is 1.44. The highest BCUT2D eigenvalue weighted by Crippen LogP contribution is 2.43. The number of ether oxygens (including phenoxy) is 2. The molecule has 5 heteroatoms. The molecule has 1 aliphatic heterocycles. The summed E-state index contributed by atoms with van der Waals surface area (Å²) >= 11 is 5.16. The van der Waals surface area contributed by atoms with Crippen molar-refractivity contribution in [1.29, 1.82) is 0 Å². The molecule has 0 aromatic heterocycles. The SMILES string of the molecule is CCOc1cc(/C=C2\Sc3ccccc3C2=O)cc(Br)c1OCc1cccc2ccccc12. The van der Waals surface area contributed by atoms with Crippen molar-refractivity contribution >= 4 is 50.3 Å². The number of rotatable bonds is 6. The van der Waals surface area contributed by atoms with E-state index in [1.54, 1.807) is 0 Å². The van der Waals surface area contributed by atoms with Gasteiger partial charge in [0.25, 0.3) is 0 Å². The van der Waals surface area contributed by atoms with Gasteiger partial charge in [0.05, 0.1) is 16.0 Å². The summed E-state index contributed by atoms with van der Waals surface area (Å²) in [6.45, 7) is 2.88. The van der Waals surface area contributed by atoms with Crippen molar-refractivity contribution in [2.45, 2.75) is 18.4 Å². The molecule has 0 bridgehead atoms. The first kappa shape index (κ1) is 21.8. The van der Waals surface area contributed by atoms with Gasteiger partial charge in [-0.3, -0.25) is 4.79 Å². The Morgan fingerprint density at radius 2 is 1.73 bits per heavy atom. The minimum atomic E-state index is 0.0564. The van der Waals surface area contributed by atoms with Gasteiger partial charge in [0.15, 0.2) is 11.5 Å². The molecule has 1 heterocycles. The van der Waals surface area contributed by atoms with Crippen LogP contribution in [0.1, 0.15) is 28.4 Å². The van der Waals surface area contributed by atoms with E-state index in [1.165, 1.54) is 22.5 Å². The standard InChI is InChI=1S/C28H21BrO3S/c1-2-31-24-15-18(16-26-27(30)22-12-5-6-13-25(22)33-26)14-23(29)28(24)32-17-20-10-7-9-19-8-3-4-11-21(19)20/h3-16H,2,17H2,1H3/b26-16-. The second-order valence-corrected chi connectivity index (χ2v) is 9.56. The number of hydrogen-bond donors (Lipinski definition) is 0. The second kappa shape index (κ2) is 9.46. The summed E-state index contributed by atoms with van der Waals surface area (Å²) in [6, 6.07) is 26.1. The van der Waals surface area contributed by atoms with E-state index in [-0.39, 0.29) is 5.78 Å². The summed E-state index contributed by atoms with van der Waals surface area (Å²) in [5, 5.41) is 2.36. The summed E-state index contributed by atoms with van der Waals surface area (Å²) in [5.74, 6) is 1.36. The first-order valence-electron chi connectivity index (χ1n) is 10.7. The lowest BCUT2D eigenvalue weighted by Gasteiger charge is -2.16. The van der Waals surface area contributed by atoms with E-state index in [4.69, 9.17) is 9.47 Å². The van der Waals surface area contributed by atoms with Crippen LogP contribution in [0.3, 0.4) is 0 Å². The second-order valence-electron chi connectivity index (χ2n) is 7.63. The number of hydrogen-bond acceptors (Lipinski definition) is 4. The highest BCUT2D eigenvalue weighted by molar-refractivity contribution is 9.10. The number of Topliss-reactive ketones (excluding diaryl/α,β-unsaturated/α-hetero) is 1. The molecular formula is C28H21BrO3S. The third-order valence-corrected chi connectivity index (χ3v) is 7.14. The molecule has 0 fully saturated rings. The number of thioether (sulfide) groups is 1. The van der Waals surface area contributed by atoms with Crippen LogP contribution in [-0.4, -0.2) is 12.4 Å². The topological polar surface area (TPSA) is 35.5 Å². The van der Waals surface area contributed by atoms with Crippen LogP contribution in [0.2, 0.25) is 0 Å². The number of carbonyl (C=O) groups excluding carboxylic acids is 1. The zero-order chi connectivity index (χ0) is 22.8. The lowest BCUT2D eigenvalue weighted by molar-refractivity contribution is 0.104. The molecule has 33 heavy (non-hydrogen) atoms. The van der Waals surface area contributed by atoms with Gasteiger partial charge in [-0.15, -0.1) is 0 Å². The van der Waals surface area contributed by atoms with E-state index in [0.29, 0.717) is 29.6 Å². The predicted molar refractivity (Wildman–Crippen MR) is 138 cm³/mol. The molecule has 5 rings (SSSR count). The molecule has 0 atom stereocenters. The molecule has 4 aromatic carbocycles. The fourth-order valence-electron chi connectivity index (χ4n) is 3.93. The molecule has 0 saturated carbocycles. The summed E-state index contributed by atoms with van der Waals surface area (Å²) < 4.78 is 12.9. The summed E-state index contributed by atoms with van der Waals surface area (Å²) in [5.41, 5.74) is 2.75. The lowest BCUT2D eigenvalue weighted by atomic mass is 10.1. The van der Waals surface area contributed by atoms with Crippen LogP contribution in [0.5, 0.6) is 11.5 Å². The van der Waals surface area contributed by atoms with Gasteiger partial charge in [0.2, 0.25) is 5.78 Å². The van der Waals surface area contributed by atoms with Crippen LogP contribution in [-0.2, 0) is 6.61 Å². The first-order chi connectivity index (χ1) is 16.1. The molecule has 0 saturated heterocycles. The number of carbonyl (C=O) groups is 1. The van der Waals surface area contributed by atoms with Crippen molar-refractivity contribution in [2.24, 2.45) is 0 Å². The number of fused-ring (bicyclic) bond motifs is 2. The van der Waals surface area contributed by atoms with E-state index >= 15 is 0 Å². The van der Waals surface area contributed by atoms with Gasteiger partial charge >= 0.3 is 0 Å². The molecule has 0 N–H and O–H groups in total. The van der Waals surface area contributed by atoms with E-state index in [1.807, 2.05) is 67.6 Å². The first-order valence-corrected chi connectivity index (χ1v) is 12.3.